The van der Waals surface area contributed by atoms with Gasteiger partial charge in [-0.3, -0.25) is 4.79 Å². The lowest BCUT2D eigenvalue weighted by molar-refractivity contribution is -0.126. The van der Waals surface area contributed by atoms with Gasteiger partial charge in [0.15, 0.2) is 0 Å². The van der Waals surface area contributed by atoms with Gasteiger partial charge in [-0.15, -0.1) is 6.58 Å². The van der Waals surface area contributed by atoms with Crippen molar-refractivity contribution in [1.29, 1.82) is 0 Å². The van der Waals surface area contributed by atoms with Crippen molar-refractivity contribution in [2.75, 3.05) is 7.11 Å². The van der Waals surface area contributed by atoms with Crippen LogP contribution in [0, 0.1) is 5.41 Å². The molecule has 2 heteroatoms. The summed E-state index contributed by atoms with van der Waals surface area (Å²) in [5.74, 6) is 1.34. The molecule has 0 radical (unpaired) electrons. The largest absolute Gasteiger partial charge is 0.496 e. The van der Waals surface area contributed by atoms with E-state index in [1.807, 2.05) is 12.1 Å². The fourth-order valence-corrected chi connectivity index (χ4v) is 3.96. The van der Waals surface area contributed by atoms with E-state index in [-0.39, 0.29) is 5.41 Å². The molecule has 2 aliphatic carbocycles. The molecular weight excluding hydrogens is 260 g/mol. The minimum absolute atomic E-state index is 0.351. The molecule has 3 rings (SSSR count). The van der Waals surface area contributed by atoms with Gasteiger partial charge in [-0.25, -0.2) is 0 Å². The highest BCUT2D eigenvalue weighted by Crippen LogP contribution is 2.50. The van der Waals surface area contributed by atoms with Gasteiger partial charge >= 0.3 is 0 Å². The summed E-state index contributed by atoms with van der Waals surface area (Å²) < 4.78 is 5.51. The maximum Gasteiger partial charge on any atom is 0.143 e. The Balaban J connectivity index is 2.17. The van der Waals surface area contributed by atoms with Crippen LogP contribution in [0.4, 0.5) is 0 Å². The predicted molar refractivity (Wildman–Crippen MR) is 85.4 cm³/mol. The SMILES string of the molecule is C=CCC1(C)C(=O)CCC2=C1CCc1c(OC)cccc12. The summed E-state index contributed by atoms with van der Waals surface area (Å²) in [5, 5.41) is 0. The molecular formula is C19H22O2. The first-order valence-electron chi connectivity index (χ1n) is 7.64. The quantitative estimate of drug-likeness (QED) is 0.771. The van der Waals surface area contributed by atoms with Crippen LogP contribution in [0.25, 0.3) is 5.57 Å². The molecule has 0 N–H and O–H groups in total. The number of benzene rings is 1. The molecule has 0 bridgehead atoms. The lowest BCUT2D eigenvalue weighted by Gasteiger charge is -2.39. The lowest BCUT2D eigenvalue weighted by Crippen LogP contribution is -2.35. The monoisotopic (exact) mass is 282 g/mol. The predicted octanol–water partition coefficient (Wildman–Crippen LogP) is 4.34. The van der Waals surface area contributed by atoms with Crippen LogP contribution in [0.15, 0.2) is 36.4 Å². The molecule has 0 saturated heterocycles. The minimum Gasteiger partial charge on any atom is -0.496 e. The number of hydrogen-bond donors (Lipinski definition) is 0. The summed E-state index contributed by atoms with van der Waals surface area (Å²) in [6, 6.07) is 6.26. The van der Waals surface area contributed by atoms with Crippen molar-refractivity contribution in [3.05, 3.63) is 47.6 Å². The Hall–Kier alpha value is -1.83. The van der Waals surface area contributed by atoms with Gasteiger partial charge in [0.05, 0.1) is 12.5 Å². The highest BCUT2D eigenvalue weighted by atomic mass is 16.5. The first-order valence-corrected chi connectivity index (χ1v) is 7.64. The Morgan fingerprint density at radius 1 is 1.29 bits per heavy atom. The Morgan fingerprint density at radius 2 is 2.10 bits per heavy atom. The Morgan fingerprint density at radius 3 is 2.81 bits per heavy atom. The molecule has 1 unspecified atom stereocenters. The van der Waals surface area contributed by atoms with Crippen LogP contribution < -0.4 is 4.74 Å². The molecule has 2 nitrogen and oxygen atoms in total. The summed E-state index contributed by atoms with van der Waals surface area (Å²) in [6.45, 7) is 5.94. The van der Waals surface area contributed by atoms with E-state index in [0.717, 1.165) is 31.4 Å². The molecule has 110 valence electrons. The summed E-state index contributed by atoms with van der Waals surface area (Å²) in [6.07, 6.45) is 6.04. The van der Waals surface area contributed by atoms with E-state index < -0.39 is 0 Å². The normalized spacial score (nSPS) is 24.4. The third kappa shape index (κ3) is 2.05. The van der Waals surface area contributed by atoms with Gasteiger partial charge in [0, 0.05) is 12.0 Å². The molecule has 0 aliphatic heterocycles. The fraction of sp³-hybridized carbons (Fsp3) is 0.421. The Bertz CT molecular complexity index is 639. The number of hydrogen-bond acceptors (Lipinski definition) is 2. The zero-order valence-electron chi connectivity index (χ0n) is 12.9. The number of ketones is 1. The standard InChI is InChI=1S/C19H22O2/c1-4-12-19(2)16-10-8-15-13(6-5-7-17(15)21-3)14(16)9-11-18(19)20/h4-7H,1,8-12H2,2-3H3. The maximum absolute atomic E-state index is 12.5. The highest BCUT2D eigenvalue weighted by molar-refractivity contribution is 5.95. The van der Waals surface area contributed by atoms with Crippen LogP contribution in [0.3, 0.4) is 0 Å². The molecule has 1 atom stereocenters. The molecule has 1 aromatic carbocycles. The second-order valence-corrected chi connectivity index (χ2v) is 6.19. The van der Waals surface area contributed by atoms with Crippen molar-refractivity contribution in [3.8, 4) is 5.75 Å². The van der Waals surface area contributed by atoms with Crippen molar-refractivity contribution in [1.82, 2.24) is 0 Å². The highest BCUT2D eigenvalue weighted by Gasteiger charge is 2.42. The molecule has 0 spiro atoms. The molecule has 0 amide bonds. The van der Waals surface area contributed by atoms with Crippen LogP contribution in [-0.2, 0) is 11.2 Å². The van der Waals surface area contributed by atoms with Crippen molar-refractivity contribution in [2.24, 2.45) is 5.41 Å². The number of ether oxygens (including phenoxy) is 1. The molecule has 21 heavy (non-hydrogen) atoms. The number of rotatable bonds is 3. The summed E-state index contributed by atoms with van der Waals surface area (Å²) in [7, 11) is 1.73. The molecule has 0 heterocycles. The zero-order chi connectivity index (χ0) is 15.0. The van der Waals surface area contributed by atoms with Crippen LogP contribution in [0.2, 0.25) is 0 Å². The number of carbonyl (C=O) groups excluding carboxylic acids is 1. The Labute approximate surface area is 126 Å². The second kappa shape index (κ2) is 5.18. The third-order valence-electron chi connectivity index (χ3n) is 5.10. The summed E-state index contributed by atoms with van der Waals surface area (Å²) in [5.41, 5.74) is 4.95. The molecule has 0 aromatic heterocycles. The number of carbonyl (C=O) groups is 1. The van der Waals surface area contributed by atoms with Crippen molar-refractivity contribution < 1.29 is 9.53 Å². The van der Waals surface area contributed by atoms with E-state index in [0.29, 0.717) is 12.2 Å². The lowest BCUT2D eigenvalue weighted by atomic mass is 9.63. The van der Waals surface area contributed by atoms with E-state index in [1.165, 1.54) is 22.3 Å². The first kappa shape index (κ1) is 14.1. The van der Waals surface area contributed by atoms with Gasteiger partial charge < -0.3 is 4.74 Å². The van der Waals surface area contributed by atoms with Crippen molar-refractivity contribution in [3.63, 3.8) is 0 Å². The van der Waals surface area contributed by atoms with E-state index in [1.54, 1.807) is 7.11 Å². The fourth-order valence-electron chi connectivity index (χ4n) is 3.96. The molecule has 1 aromatic rings. The summed E-state index contributed by atoms with van der Waals surface area (Å²) >= 11 is 0. The number of fused-ring (bicyclic) bond motifs is 2. The van der Waals surface area contributed by atoms with Crippen molar-refractivity contribution in [2.45, 2.75) is 39.0 Å². The topological polar surface area (TPSA) is 26.3 Å². The smallest absolute Gasteiger partial charge is 0.143 e. The van der Waals surface area contributed by atoms with Crippen LogP contribution in [0.1, 0.15) is 43.7 Å². The number of allylic oxidation sites excluding steroid dienone is 3. The third-order valence-corrected chi connectivity index (χ3v) is 5.10. The van der Waals surface area contributed by atoms with Gasteiger partial charge in [-0.2, -0.15) is 0 Å². The average Bonchev–Trinajstić information content (AvgIpc) is 2.50. The summed E-state index contributed by atoms with van der Waals surface area (Å²) in [4.78, 5) is 12.5. The van der Waals surface area contributed by atoms with Gasteiger partial charge in [-0.1, -0.05) is 23.8 Å². The van der Waals surface area contributed by atoms with Crippen LogP contribution in [-0.4, -0.2) is 12.9 Å². The van der Waals surface area contributed by atoms with E-state index in [4.69, 9.17) is 4.74 Å². The maximum atomic E-state index is 12.5. The first-order chi connectivity index (χ1) is 10.1. The van der Waals surface area contributed by atoms with Gasteiger partial charge in [0.25, 0.3) is 0 Å². The van der Waals surface area contributed by atoms with E-state index >= 15 is 0 Å². The van der Waals surface area contributed by atoms with Crippen LogP contribution in [0.5, 0.6) is 5.75 Å². The van der Waals surface area contributed by atoms with E-state index in [2.05, 4.69) is 25.6 Å². The molecule has 0 fully saturated rings. The zero-order valence-corrected chi connectivity index (χ0v) is 12.9. The number of Topliss-reactive ketones (excluding diaryl/α,β-unsaturated/α-hetero) is 1. The van der Waals surface area contributed by atoms with Gasteiger partial charge in [0.2, 0.25) is 0 Å². The second-order valence-electron chi connectivity index (χ2n) is 6.19. The average molecular weight is 282 g/mol. The molecule has 2 aliphatic rings. The Kier molecular flexibility index (Phi) is 3.48. The van der Waals surface area contributed by atoms with Gasteiger partial charge in [0.1, 0.15) is 11.5 Å². The van der Waals surface area contributed by atoms with E-state index in [9.17, 15) is 4.79 Å². The minimum atomic E-state index is -0.351. The van der Waals surface area contributed by atoms with Crippen molar-refractivity contribution >= 4 is 11.4 Å². The van der Waals surface area contributed by atoms with Crippen LogP contribution >= 0.6 is 0 Å². The van der Waals surface area contributed by atoms with Gasteiger partial charge in [-0.05, 0) is 49.8 Å². The molecule has 0 saturated carbocycles. The number of methoxy groups -OCH3 is 1.